The third-order valence-corrected chi connectivity index (χ3v) is 2.63. The van der Waals surface area contributed by atoms with Crippen molar-refractivity contribution in [1.82, 2.24) is 4.90 Å². The number of nitrogens with zero attached hydrogens (tertiary/aromatic N) is 1. The van der Waals surface area contributed by atoms with Gasteiger partial charge in [0.2, 0.25) is 5.91 Å². The number of carboxylic acid groups (broad SMARTS) is 1. The lowest BCUT2D eigenvalue weighted by molar-refractivity contribution is -0.156. The molecule has 3 unspecified atom stereocenters. The van der Waals surface area contributed by atoms with Gasteiger partial charge in [0.05, 0.1) is 18.8 Å². The molecule has 0 spiro atoms. The molecule has 1 rings (SSSR count). The van der Waals surface area contributed by atoms with Crippen LogP contribution < -0.4 is 0 Å². The molecule has 0 bridgehead atoms. The van der Waals surface area contributed by atoms with Gasteiger partial charge in [-0.15, -0.1) is 0 Å². The highest BCUT2D eigenvalue weighted by Gasteiger charge is 2.32. The first-order chi connectivity index (χ1) is 6.93. The van der Waals surface area contributed by atoms with Gasteiger partial charge < -0.3 is 14.7 Å². The number of carbonyl (C=O) groups is 2. The van der Waals surface area contributed by atoms with Crippen LogP contribution in [0.2, 0.25) is 0 Å². The summed E-state index contributed by atoms with van der Waals surface area (Å²) in [7, 11) is 0. The number of carbonyl (C=O) groups excluding carboxylic acids is 1. The number of ether oxygens (including phenoxy) is 1. The zero-order valence-corrected chi connectivity index (χ0v) is 9.27. The molecule has 0 radical (unpaired) electrons. The fourth-order valence-corrected chi connectivity index (χ4v) is 1.56. The van der Waals surface area contributed by atoms with Gasteiger partial charge in [-0.2, -0.15) is 0 Å². The third-order valence-electron chi connectivity index (χ3n) is 2.63. The van der Waals surface area contributed by atoms with Crippen LogP contribution in [-0.2, 0) is 14.3 Å². The summed E-state index contributed by atoms with van der Waals surface area (Å²) in [5.74, 6) is -2.38. The molecule has 0 aliphatic carbocycles. The number of carboxylic acids is 1. The number of morpholine rings is 1. The van der Waals surface area contributed by atoms with Crippen LogP contribution in [0.4, 0.5) is 0 Å². The summed E-state index contributed by atoms with van der Waals surface area (Å²) in [6.45, 7) is 6.09. The number of amides is 1. The Morgan fingerprint density at radius 2 is 2.07 bits per heavy atom. The maximum atomic E-state index is 11.8. The van der Waals surface area contributed by atoms with Crippen molar-refractivity contribution in [3.63, 3.8) is 0 Å². The van der Waals surface area contributed by atoms with Crippen molar-refractivity contribution in [3.05, 3.63) is 0 Å². The van der Waals surface area contributed by atoms with Crippen molar-refractivity contribution in [3.8, 4) is 0 Å². The molecule has 1 N–H and O–H groups in total. The molecular weight excluding hydrogens is 198 g/mol. The van der Waals surface area contributed by atoms with Crippen molar-refractivity contribution in [2.24, 2.45) is 5.92 Å². The molecule has 3 atom stereocenters. The molecule has 5 nitrogen and oxygen atoms in total. The van der Waals surface area contributed by atoms with Gasteiger partial charge in [-0.3, -0.25) is 9.59 Å². The van der Waals surface area contributed by atoms with Crippen molar-refractivity contribution in [2.75, 3.05) is 13.2 Å². The highest BCUT2D eigenvalue weighted by molar-refractivity contribution is 5.96. The molecule has 1 fully saturated rings. The van der Waals surface area contributed by atoms with E-state index in [0.717, 1.165) is 0 Å². The largest absolute Gasteiger partial charge is 0.481 e. The van der Waals surface area contributed by atoms with E-state index in [1.165, 1.54) is 6.92 Å². The van der Waals surface area contributed by atoms with Crippen molar-refractivity contribution >= 4 is 11.9 Å². The highest BCUT2D eigenvalue weighted by Crippen LogP contribution is 2.14. The first kappa shape index (κ1) is 12.0. The van der Waals surface area contributed by atoms with Crippen LogP contribution in [0.1, 0.15) is 20.8 Å². The van der Waals surface area contributed by atoms with E-state index in [4.69, 9.17) is 9.84 Å². The predicted octanol–water partition coefficient (Wildman–Crippen LogP) is 0.343. The van der Waals surface area contributed by atoms with Gasteiger partial charge in [0, 0.05) is 6.54 Å². The third kappa shape index (κ3) is 2.68. The first-order valence-electron chi connectivity index (χ1n) is 5.08. The number of hydrogen-bond donors (Lipinski definition) is 1. The van der Waals surface area contributed by atoms with Crippen molar-refractivity contribution in [2.45, 2.75) is 32.9 Å². The van der Waals surface area contributed by atoms with Gasteiger partial charge in [-0.25, -0.2) is 0 Å². The fraction of sp³-hybridized carbons (Fsp3) is 0.800. The number of hydrogen-bond acceptors (Lipinski definition) is 3. The van der Waals surface area contributed by atoms with Gasteiger partial charge in [-0.05, 0) is 20.8 Å². The minimum Gasteiger partial charge on any atom is -0.481 e. The topological polar surface area (TPSA) is 66.8 Å². The molecule has 0 saturated carbocycles. The highest BCUT2D eigenvalue weighted by atomic mass is 16.5. The Labute approximate surface area is 89.0 Å². The molecule has 86 valence electrons. The molecule has 0 aromatic carbocycles. The summed E-state index contributed by atoms with van der Waals surface area (Å²) in [5, 5.41) is 8.76. The van der Waals surface area contributed by atoms with Crippen LogP contribution in [-0.4, -0.2) is 47.2 Å². The molecule has 5 heteroatoms. The van der Waals surface area contributed by atoms with E-state index in [2.05, 4.69) is 0 Å². The second kappa shape index (κ2) is 4.61. The van der Waals surface area contributed by atoms with E-state index in [1.807, 2.05) is 13.8 Å². The van der Waals surface area contributed by atoms with E-state index < -0.39 is 11.9 Å². The quantitative estimate of drug-likeness (QED) is 0.675. The Hall–Kier alpha value is -1.10. The van der Waals surface area contributed by atoms with E-state index in [-0.39, 0.29) is 18.1 Å². The Kier molecular flexibility index (Phi) is 3.68. The number of aliphatic carboxylic acids is 1. The van der Waals surface area contributed by atoms with Gasteiger partial charge in [0.25, 0.3) is 0 Å². The molecule has 1 amide bonds. The normalized spacial score (nSPS) is 28.6. The van der Waals surface area contributed by atoms with E-state index >= 15 is 0 Å². The summed E-state index contributed by atoms with van der Waals surface area (Å²) >= 11 is 0. The summed E-state index contributed by atoms with van der Waals surface area (Å²) in [6.07, 6.45) is -0.0221. The molecule has 0 aromatic rings. The minimum atomic E-state index is -1.08. The Balaban J connectivity index is 2.68. The molecule has 0 aromatic heterocycles. The van der Waals surface area contributed by atoms with E-state index in [9.17, 15) is 9.59 Å². The molecule has 15 heavy (non-hydrogen) atoms. The van der Waals surface area contributed by atoms with E-state index in [1.54, 1.807) is 4.90 Å². The SMILES string of the molecule is CC1CN(C(=O)C(C)C(=O)O)C(C)CO1. The predicted molar refractivity (Wildman–Crippen MR) is 53.4 cm³/mol. The lowest BCUT2D eigenvalue weighted by atomic mass is 10.1. The zero-order chi connectivity index (χ0) is 11.6. The zero-order valence-electron chi connectivity index (χ0n) is 9.27. The summed E-state index contributed by atoms with van der Waals surface area (Å²) in [6, 6.07) is -0.0458. The Morgan fingerprint density at radius 3 is 2.60 bits per heavy atom. The van der Waals surface area contributed by atoms with Crippen LogP contribution >= 0.6 is 0 Å². The van der Waals surface area contributed by atoms with Gasteiger partial charge >= 0.3 is 5.97 Å². The lowest BCUT2D eigenvalue weighted by Gasteiger charge is -2.37. The van der Waals surface area contributed by atoms with Crippen LogP contribution in [0, 0.1) is 5.92 Å². The monoisotopic (exact) mass is 215 g/mol. The van der Waals surface area contributed by atoms with Gasteiger partial charge in [-0.1, -0.05) is 0 Å². The maximum Gasteiger partial charge on any atom is 0.315 e. The molecule has 1 aliphatic heterocycles. The summed E-state index contributed by atoms with van der Waals surface area (Å²) in [5.41, 5.74) is 0. The molecule has 1 saturated heterocycles. The smallest absolute Gasteiger partial charge is 0.315 e. The standard InChI is InChI=1S/C10H17NO4/c1-6-5-15-7(2)4-11(6)9(12)8(3)10(13)14/h6-8H,4-5H2,1-3H3,(H,13,14). The van der Waals surface area contributed by atoms with Gasteiger partial charge in [0.15, 0.2) is 0 Å². The molecule has 1 heterocycles. The number of rotatable bonds is 2. The van der Waals surface area contributed by atoms with Gasteiger partial charge in [0.1, 0.15) is 5.92 Å². The average Bonchev–Trinajstić information content (AvgIpc) is 2.19. The average molecular weight is 215 g/mol. The van der Waals surface area contributed by atoms with Crippen LogP contribution in [0.5, 0.6) is 0 Å². The van der Waals surface area contributed by atoms with E-state index in [0.29, 0.717) is 13.2 Å². The van der Waals surface area contributed by atoms with Crippen molar-refractivity contribution < 1.29 is 19.4 Å². The minimum absolute atomic E-state index is 0.0221. The van der Waals surface area contributed by atoms with Crippen LogP contribution in [0.3, 0.4) is 0 Å². The molecule has 1 aliphatic rings. The van der Waals surface area contributed by atoms with Crippen molar-refractivity contribution in [1.29, 1.82) is 0 Å². The summed E-state index contributed by atoms with van der Waals surface area (Å²) in [4.78, 5) is 24.1. The van der Waals surface area contributed by atoms with Crippen LogP contribution in [0.25, 0.3) is 0 Å². The Bertz CT molecular complexity index is 266. The maximum absolute atomic E-state index is 11.8. The molecular formula is C10H17NO4. The first-order valence-corrected chi connectivity index (χ1v) is 5.08. The lowest BCUT2D eigenvalue weighted by Crippen LogP contribution is -2.52. The second-order valence-corrected chi connectivity index (χ2v) is 4.04. The van der Waals surface area contributed by atoms with Crippen LogP contribution in [0.15, 0.2) is 0 Å². The fourth-order valence-electron chi connectivity index (χ4n) is 1.56. The second-order valence-electron chi connectivity index (χ2n) is 4.04. The summed E-state index contributed by atoms with van der Waals surface area (Å²) < 4.78 is 5.37. The Morgan fingerprint density at radius 1 is 1.47 bits per heavy atom.